The van der Waals surface area contributed by atoms with E-state index < -0.39 is 0 Å². The van der Waals surface area contributed by atoms with Gasteiger partial charge in [-0.05, 0) is 37.8 Å². The lowest BCUT2D eigenvalue weighted by Crippen LogP contribution is -2.36. The van der Waals surface area contributed by atoms with Crippen molar-refractivity contribution in [1.82, 2.24) is 19.8 Å². The summed E-state index contributed by atoms with van der Waals surface area (Å²) in [5.41, 5.74) is 1.88. The Kier molecular flexibility index (Phi) is 4.96. The highest BCUT2D eigenvalue weighted by atomic mass is 16.2. The van der Waals surface area contributed by atoms with Gasteiger partial charge in [0, 0.05) is 44.7 Å². The molecule has 1 aromatic carbocycles. The molecule has 2 aromatic rings. The number of likely N-dealkylation sites (tertiary alicyclic amines) is 2. The van der Waals surface area contributed by atoms with Gasteiger partial charge in [-0.1, -0.05) is 30.3 Å². The Hall–Kier alpha value is -2.47. The summed E-state index contributed by atoms with van der Waals surface area (Å²) in [5.74, 6) is 2.07. The fourth-order valence-electron chi connectivity index (χ4n) is 5.47. The van der Waals surface area contributed by atoms with E-state index in [1.54, 1.807) is 6.20 Å². The summed E-state index contributed by atoms with van der Waals surface area (Å²) >= 11 is 0. The lowest BCUT2D eigenvalue weighted by atomic mass is 9.90. The van der Waals surface area contributed by atoms with E-state index in [0.717, 1.165) is 51.4 Å². The number of rotatable bonds is 3. The van der Waals surface area contributed by atoms with Crippen molar-refractivity contribution in [2.45, 2.75) is 25.3 Å². The van der Waals surface area contributed by atoms with E-state index in [9.17, 15) is 4.79 Å². The third kappa shape index (κ3) is 3.50. The van der Waals surface area contributed by atoms with E-state index in [4.69, 9.17) is 4.98 Å². The van der Waals surface area contributed by atoms with Crippen LogP contribution in [0, 0.1) is 11.8 Å². The molecule has 3 fully saturated rings. The second-order valence-corrected chi connectivity index (χ2v) is 8.74. The number of nitrogens with zero attached hydrogens (tertiary/aromatic N) is 5. The predicted molar refractivity (Wildman–Crippen MR) is 113 cm³/mol. The fourth-order valence-corrected chi connectivity index (χ4v) is 5.47. The zero-order chi connectivity index (χ0) is 19.8. The first-order valence-corrected chi connectivity index (χ1v) is 10.8. The standard InChI is InChI=1S/C23H29N5O/c1-26-14-18-15-28(16-19(18)22(26)17-8-4-2-5-9-17)21-13-24-12-20(25-21)23(29)27-10-6-3-7-11-27/h2,4-5,8-9,12-13,18-19,22H,3,6-7,10-11,14-16H2,1H3/t18-,19+,22-/m0/s1. The second-order valence-electron chi connectivity index (χ2n) is 8.74. The van der Waals surface area contributed by atoms with Crippen molar-refractivity contribution in [2.24, 2.45) is 11.8 Å². The van der Waals surface area contributed by atoms with Gasteiger partial charge in [0.25, 0.3) is 5.91 Å². The van der Waals surface area contributed by atoms with Crippen molar-refractivity contribution in [1.29, 1.82) is 0 Å². The number of fused-ring (bicyclic) bond motifs is 1. The van der Waals surface area contributed by atoms with Crippen molar-refractivity contribution in [2.75, 3.05) is 44.7 Å². The maximum absolute atomic E-state index is 12.8. The second kappa shape index (κ2) is 7.75. The number of hydrogen-bond donors (Lipinski definition) is 0. The number of carbonyl (C=O) groups is 1. The minimum atomic E-state index is 0.0281. The van der Waals surface area contributed by atoms with Crippen LogP contribution in [0.5, 0.6) is 0 Å². The number of carbonyl (C=O) groups excluding carboxylic acids is 1. The van der Waals surface area contributed by atoms with Gasteiger partial charge in [-0.3, -0.25) is 14.7 Å². The van der Waals surface area contributed by atoms with Gasteiger partial charge in [0.05, 0.1) is 12.4 Å². The average Bonchev–Trinajstić information content (AvgIpc) is 3.31. The van der Waals surface area contributed by atoms with E-state index in [0.29, 0.717) is 23.6 Å². The Bertz CT molecular complexity index is 867. The summed E-state index contributed by atoms with van der Waals surface area (Å²) in [6.45, 7) is 4.72. The molecule has 29 heavy (non-hydrogen) atoms. The highest BCUT2D eigenvalue weighted by Gasteiger charge is 2.46. The molecule has 0 unspecified atom stereocenters. The van der Waals surface area contributed by atoms with Crippen molar-refractivity contribution in [3.63, 3.8) is 0 Å². The van der Waals surface area contributed by atoms with Crippen molar-refractivity contribution in [3.8, 4) is 0 Å². The summed E-state index contributed by atoms with van der Waals surface area (Å²) in [6, 6.07) is 11.3. The minimum Gasteiger partial charge on any atom is -0.355 e. The maximum atomic E-state index is 12.8. The molecule has 3 aliphatic rings. The van der Waals surface area contributed by atoms with Crippen LogP contribution in [0.1, 0.15) is 41.4 Å². The van der Waals surface area contributed by atoms with Crippen LogP contribution in [-0.4, -0.2) is 65.4 Å². The van der Waals surface area contributed by atoms with Crippen LogP contribution in [0.4, 0.5) is 5.82 Å². The molecular formula is C23H29N5O. The van der Waals surface area contributed by atoms with Crippen molar-refractivity contribution >= 4 is 11.7 Å². The third-order valence-electron chi connectivity index (χ3n) is 6.84. The first-order valence-electron chi connectivity index (χ1n) is 10.8. The molecule has 152 valence electrons. The monoisotopic (exact) mass is 391 g/mol. The maximum Gasteiger partial charge on any atom is 0.274 e. The number of anilines is 1. The molecule has 1 aromatic heterocycles. The minimum absolute atomic E-state index is 0.0281. The highest BCUT2D eigenvalue weighted by molar-refractivity contribution is 5.92. The first kappa shape index (κ1) is 18.6. The highest BCUT2D eigenvalue weighted by Crippen LogP contribution is 2.44. The predicted octanol–water partition coefficient (Wildman–Crippen LogP) is 2.84. The van der Waals surface area contributed by atoms with Crippen LogP contribution >= 0.6 is 0 Å². The fraction of sp³-hybridized carbons (Fsp3) is 0.522. The van der Waals surface area contributed by atoms with Gasteiger partial charge < -0.3 is 9.80 Å². The van der Waals surface area contributed by atoms with Crippen molar-refractivity contribution in [3.05, 3.63) is 54.0 Å². The zero-order valence-electron chi connectivity index (χ0n) is 17.1. The number of amides is 1. The molecule has 1 amide bonds. The molecule has 0 radical (unpaired) electrons. The first-order chi connectivity index (χ1) is 14.2. The lowest BCUT2D eigenvalue weighted by Gasteiger charge is -2.28. The molecule has 0 bridgehead atoms. The lowest BCUT2D eigenvalue weighted by molar-refractivity contribution is 0.0718. The molecule has 0 saturated carbocycles. The van der Waals surface area contributed by atoms with E-state index in [2.05, 4.69) is 52.2 Å². The van der Waals surface area contributed by atoms with E-state index >= 15 is 0 Å². The molecule has 0 spiro atoms. The Morgan fingerprint density at radius 2 is 1.79 bits per heavy atom. The summed E-state index contributed by atoms with van der Waals surface area (Å²) < 4.78 is 0. The average molecular weight is 392 g/mol. The van der Waals surface area contributed by atoms with Crippen LogP contribution in [0.25, 0.3) is 0 Å². The Morgan fingerprint density at radius 1 is 1.00 bits per heavy atom. The van der Waals surface area contributed by atoms with Crippen LogP contribution in [-0.2, 0) is 0 Å². The van der Waals surface area contributed by atoms with Gasteiger partial charge in [0.2, 0.25) is 0 Å². The topological polar surface area (TPSA) is 52.6 Å². The van der Waals surface area contributed by atoms with Gasteiger partial charge in [-0.15, -0.1) is 0 Å². The summed E-state index contributed by atoms with van der Waals surface area (Å²) in [5, 5.41) is 0. The number of hydrogen-bond acceptors (Lipinski definition) is 5. The third-order valence-corrected chi connectivity index (χ3v) is 6.84. The smallest absolute Gasteiger partial charge is 0.274 e. The van der Waals surface area contributed by atoms with Gasteiger partial charge >= 0.3 is 0 Å². The molecule has 3 aliphatic heterocycles. The largest absolute Gasteiger partial charge is 0.355 e. The van der Waals surface area contributed by atoms with E-state index in [1.165, 1.54) is 12.0 Å². The zero-order valence-corrected chi connectivity index (χ0v) is 17.1. The Morgan fingerprint density at radius 3 is 2.59 bits per heavy atom. The van der Waals surface area contributed by atoms with Crippen LogP contribution in [0.3, 0.4) is 0 Å². The van der Waals surface area contributed by atoms with Crippen LogP contribution in [0.2, 0.25) is 0 Å². The SMILES string of the molecule is CN1C[C@H]2CN(c3cncc(C(=O)N4CCCCC4)n3)C[C@H]2[C@@H]1c1ccccc1. The molecule has 4 heterocycles. The summed E-state index contributed by atoms with van der Waals surface area (Å²) in [6.07, 6.45) is 6.82. The molecule has 3 atom stereocenters. The Labute approximate surface area is 172 Å². The molecule has 0 aliphatic carbocycles. The van der Waals surface area contributed by atoms with Gasteiger partial charge in [0.1, 0.15) is 11.5 Å². The molecular weight excluding hydrogens is 362 g/mol. The van der Waals surface area contributed by atoms with Crippen molar-refractivity contribution < 1.29 is 4.79 Å². The molecule has 6 heteroatoms. The summed E-state index contributed by atoms with van der Waals surface area (Å²) in [7, 11) is 2.23. The Balaban J connectivity index is 1.34. The quantitative estimate of drug-likeness (QED) is 0.805. The number of piperidine rings is 1. The van der Waals surface area contributed by atoms with Gasteiger partial charge in [0.15, 0.2) is 0 Å². The van der Waals surface area contributed by atoms with E-state index in [1.807, 2.05) is 11.1 Å². The number of benzene rings is 1. The summed E-state index contributed by atoms with van der Waals surface area (Å²) in [4.78, 5) is 28.7. The van der Waals surface area contributed by atoms with Gasteiger partial charge in [-0.25, -0.2) is 4.98 Å². The molecule has 6 nitrogen and oxygen atoms in total. The van der Waals surface area contributed by atoms with E-state index in [-0.39, 0.29) is 5.91 Å². The molecule has 5 rings (SSSR count). The van der Waals surface area contributed by atoms with Crippen LogP contribution in [0.15, 0.2) is 42.7 Å². The molecule has 3 saturated heterocycles. The number of aromatic nitrogens is 2. The molecule has 0 N–H and O–H groups in total. The van der Waals surface area contributed by atoms with Gasteiger partial charge in [-0.2, -0.15) is 0 Å². The normalized spacial score (nSPS) is 27.3. The van der Waals surface area contributed by atoms with Crippen LogP contribution < -0.4 is 4.90 Å².